The van der Waals surface area contributed by atoms with Gasteiger partial charge in [-0.1, -0.05) is 37.6 Å². The third-order valence-corrected chi connectivity index (χ3v) is 13.0. The minimum Gasteiger partial charge on any atom is -0.684 e. The smallest absolute Gasteiger partial charge is 0.229 e. The first-order chi connectivity index (χ1) is 29.4. The van der Waals surface area contributed by atoms with Gasteiger partial charge in [-0.05, 0) is 88.2 Å². The van der Waals surface area contributed by atoms with E-state index in [1.165, 1.54) is 6.20 Å². The summed E-state index contributed by atoms with van der Waals surface area (Å²) >= 11 is 6.48. The van der Waals surface area contributed by atoms with E-state index in [9.17, 15) is 18.9 Å². The van der Waals surface area contributed by atoms with Gasteiger partial charge < -0.3 is 39.8 Å². The molecule has 3 N–H and O–H groups in total. The Morgan fingerprint density at radius 2 is 1.71 bits per heavy atom. The van der Waals surface area contributed by atoms with E-state index in [2.05, 4.69) is 64.1 Å². The number of rotatable bonds is 14. The second kappa shape index (κ2) is 23.1. The van der Waals surface area contributed by atoms with Crippen molar-refractivity contribution in [2.75, 3.05) is 81.8 Å². The average molecular weight is 959 g/mol. The van der Waals surface area contributed by atoms with E-state index in [1.807, 2.05) is 56.3 Å². The number of hydrogen-bond donors (Lipinski definition) is 3. The topological polar surface area (TPSA) is 163 Å². The van der Waals surface area contributed by atoms with Gasteiger partial charge >= 0.3 is 0 Å². The number of nitrogens with one attached hydrogen (secondary N) is 3. The summed E-state index contributed by atoms with van der Waals surface area (Å²) in [5.41, 5.74) is 3.81. The number of aromatic nitrogens is 2. The third-order valence-electron chi connectivity index (χ3n) is 11.2. The monoisotopic (exact) mass is 958 g/mol. The molecular formula is C45H57ClN9O5PY-2. The number of piperidine rings is 2. The van der Waals surface area contributed by atoms with Crippen LogP contribution in [0.1, 0.15) is 61.9 Å². The molecular weight excluding hydrogens is 902 g/mol. The van der Waals surface area contributed by atoms with Gasteiger partial charge in [0.2, 0.25) is 17.8 Å². The van der Waals surface area contributed by atoms with Gasteiger partial charge in [0.05, 0.1) is 24.7 Å². The number of carbonyl (C=O) groups excluding carboxylic acids is 3. The summed E-state index contributed by atoms with van der Waals surface area (Å²) in [6.07, 6.45) is 5.90. The Balaban J connectivity index is 0.00000239. The van der Waals surface area contributed by atoms with Crippen LogP contribution in [-0.4, -0.2) is 116 Å². The Morgan fingerprint density at radius 3 is 2.42 bits per heavy atom. The number of para-hydroxylation sites is 1. The second-order valence-corrected chi connectivity index (χ2v) is 19.2. The van der Waals surface area contributed by atoms with Crippen LogP contribution in [0.15, 0.2) is 66.9 Å². The first-order valence-electron chi connectivity index (χ1n) is 21.1. The first-order valence-corrected chi connectivity index (χ1v) is 24.1. The van der Waals surface area contributed by atoms with Gasteiger partial charge in [-0.2, -0.15) is 4.98 Å². The first kappa shape index (κ1) is 49.1. The second-order valence-electron chi connectivity index (χ2n) is 15.6. The van der Waals surface area contributed by atoms with Gasteiger partial charge in [-0.25, -0.2) is 4.98 Å². The zero-order valence-electron chi connectivity index (χ0n) is 36.3. The molecule has 3 aliphatic rings. The molecule has 1 radical (unpaired) electrons. The molecule has 1 atom stereocenters. The zero-order chi connectivity index (χ0) is 43.5. The number of benzene rings is 3. The molecule has 3 aromatic carbocycles. The summed E-state index contributed by atoms with van der Waals surface area (Å²) in [4.78, 5) is 52.8. The van der Waals surface area contributed by atoms with Crippen LogP contribution in [0.25, 0.3) is 5.32 Å². The van der Waals surface area contributed by atoms with Crippen molar-refractivity contribution in [3.8, 4) is 5.75 Å². The number of carbonyl (C=O) groups is 3. The fraction of sp³-hybridized carbons (Fsp3) is 0.444. The van der Waals surface area contributed by atoms with Crippen LogP contribution in [0.5, 0.6) is 5.75 Å². The maximum absolute atomic E-state index is 12.9. The molecule has 17 heteroatoms. The normalized spacial score (nSPS) is 17.5. The van der Waals surface area contributed by atoms with Gasteiger partial charge in [0, 0.05) is 101 Å². The van der Waals surface area contributed by atoms with Crippen molar-refractivity contribution in [2.24, 2.45) is 0 Å². The minimum atomic E-state index is -2.55. The number of imide groups is 1. The van der Waals surface area contributed by atoms with Crippen molar-refractivity contribution in [3.63, 3.8) is 0 Å². The Hall–Kier alpha value is -3.91. The van der Waals surface area contributed by atoms with Crippen molar-refractivity contribution >= 4 is 70.6 Å². The van der Waals surface area contributed by atoms with Crippen molar-refractivity contribution in [3.05, 3.63) is 94.4 Å². The SMILES string of the molecule is CC.COc1cc(N2CCC(N3CCN(CCCc4[c-]c(C(=O)[N-]C5CCC(=O)NC5=O)ccc4)CC3)CC2)ccc1Nc1ncc(Cl)c(Nc2ccccc2P(C)(C)=O)n1.[Y]. The number of nitrogens with zero attached hydrogens (tertiary/aromatic N) is 6. The molecule has 4 heterocycles. The fourth-order valence-electron chi connectivity index (χ4n) is 7.93. The van der Waals surface area contributed by atoms with E-state index < -0.39 is 25.0 Å². The number of piperazine rings is 1. The molecule has 3 fully saturated rings. The Labute approximate surface area is 395 Å². The van der Waals surface area contributed by atoms with Gasteiger partial charge in [0.15, 0.2) is 5.82 Å². The summed E-state index contributed by atoms with van der Waals surface area (Å²) in [5, 5.41) is 13.9. The van der Waals surface area contributed by atoms with E-state index in [0.717, 1.165) is 93.7 Å². The van der Waals surface area contributed by atoms with Crippen LogP contribution in [-0.2, 0) is 53.3 Å². The predicted molar refractivity (Wildman–Crippen MR) is 244 cm³/mol. The molecule has 4 aromatic rings. The molecule has 1 aromatic heterocycles. The minimum absolute atomic E-state index is 0. The molecule has 0 saturated carbocycles. The van der Waals surface area contributed by atoms with E-state index >= 15 is 0 Å². The number of ether oxygens (including phenoxy) is 1. The number of amides is 3. The molecule has 0 bridgehead atoms. The van der Waals surface area contributed by atoms with Crippen LogP contribution in [0.4, 0.5) is 28.8 Å². The maximum Gasteiger partial charge on any atom is 0.229 e. The molecule has 3 saturated heterocycles. The van der Waals surface area contributed by atoms with Crippen LogP contribution < -0.4 is 30.9 Å². The van der Waals surface area contributed by atoms with Gasteiger partial charge in [0.25, 0.3) is 0 Å². The molecule has 3 aliphatic heterocycles. The van der Waals surface area contributed by atoms with Crippen molar-refractivity contribution in [2.45, 2.75) is 64.5 Å². The molecule has 0 aliphatic carbocycles. The summed E-state index contributed by atoms with van der Waals surface area (Å²) in [5.74, 6) is 0.0993. The fourth-order valence-corrected chi connectivity index (χ4v) is 9.22. The van der Waals surface area contributed by atoms with Crippen LogP contribution in [0, 0.1) is 6.07 Å². The van der Waals surface area contributed by atoms with Gasteiger partial charge in [-0.3, -0.25) is 19.8 Å². The number of anilines is 5. The number of aryl methyl sites for hydroxylation is 1. The largest absolute Gasteiger partial charge is 0.684 e. The Morgan fingerprint density at radius 1 is 0.968 bits per heavy atom. The molecule has 1 unspecified atom stereocenters. The Kier molecular flexibility index (Phi) is 18.3. The van der Waals surface area contributed by atoms with Crippen LogP contribution in [0.2, 0.25) is 5.02 Å². The molecule has 0 spiro atoms. The molecule has 62 heavy (non-hydrogen) atoms. The summed E-state index contributed by atoms with van der Waals surface area (Å²) < 4.78 is 18.7. The van der Waals surface area contributed by atoms with E-state index in [4.69, 9.17) is 16.3 Å². The summed E-state index contributed by atoms with van der Waals surface area (Å²) in [6, 6.07) is 22.0. The van der Waals surface area contributed by atoms with Crippen LogP contribution >= 0.6 is 18.7 Å². The number of hydrogen-bond acceptors (Lipinski definition) is 12. The van der Waals surface area contributed by atoms with E-state index in [-0.39, 0.29) is 51.5 Å². The Bertz CT molecular complexity index is 2210. The van der Waals surface area contributed by atoms with Crippen molar-refractivity contribution in [1.29, 1.82) is 0 Å². The van der Waals surface area contributed by atoms with Gasteiger partial charge in [0.1, 0.15) is 17.9 Å². The number of methoxy groups -OCH3 is 1. The van der Waals surface area contributed by atoms with Gasteiger partial charge in [-0.15, -0.1) is 35.4 Å². The average Bonchev–Trinajstić information content (AvgIpc) is 3.27. The predicted octanol–water partition coefficient (Wildman–Crippen LogP) is 7.24. The maximum atomic E-state index is 12.9. The third kappa shape index (κ3) is 13.1. The molecule has 3 amide bonds. The van der Waals surface area contributed by atoms with E-state index in [0.29, 0.717) is 39.8 Å². The van der Waals surface area contributed by atoms with Crippen molar-refractivity contribution in [1.82, 2.24) is 25.1 Å². The number of halogens is 1. The molecule has 14 nitrogen and oxygen atoms in total. The zero-order valence-corrected chi connectivity index (χ0v) is 40.8. The summed E-state index contributed by atoms with van der Waals surface area (Å²) in [6.45, 7) is 14.5. The van der Waals surface area contributed by atoms with Crippen LogP contribution in [0.3, 0.4) is 0 Å². The molecule has 7 rings (SSSR count). The standard InChI is InChI=1S/C43H52ClN9O5P.C2H6.Y/c1-58-37-27-32(13-14-34(37)48-43-45-28-33(44)40(50-43)46-35-11-4-5-12-38(35)59(2,3)57)52-20-17-31(18-21-52)53-24-22-51(23-25-53)19-7-9-29-8-6-10-30(26-29)41(55)47-36-15-16-39(54)49-42(36)56;1-2;/h4-6,8,10-14,27-28,31,36H,7,9,15-25H2,1-3H3,(H4,45,46,47,48,49,50,54,55,56,57);1-2H3;/q-1;;/p-1. The molecule has 329 valence electrons. The quantitative estimate of drug-likeness (QED) is 0.0661. The summed E-state index contributed by atoms with van der Waals surface area (Å²) in [7, 11) is -0.894. The van der Waals surface area contributed by atoms with E-state index in [1.54, 1.807) is 26.5 Å². The van der Waals surface area contributed by atoms with Crippen molar-refractivity contribution < 1.29 is 56.4 Å².